The van der Waals surface area contributed by atoms with E-state index >= 15 is 0 Å². The second-order valence-corrected chi connectivity index (χ2v) is 12.0. The molecule has 3 aromatic carbocycles. The predicted molar refractivity (Wildman–Crippen MR) is 169 cm³/mol. The number of thiocarbonyl (C=S) groups is 1. The molecule has 1 fully saturated rings. The highest BCUT2D eigenvalue weighted by Crippen LogP contribution is 2.39. The fourth-order valence-corrected chi connectivity index (χ4v) is 6.04. The van der Waals surface area contributed by atoms with Crippen molar-refractivity contribution < 1.29 is 9.53 Å². The van der Waals surface area contributed by atoms with Crippen molar-refractivity contribution in [2.75, 3.05) is 6.61 Å². The van der Waals surface area contributed by atoms with Gasteiger partial charge < -0.3 is 4.74 Å². The van der Waals surface area contributed by atoms with E-state index in [-0.39, 0.29) is 11.9 Å². The summed E-state index contributed by atoms with van der Waals surface area (Å²) in [5, 5.41) is 4.96. The van der Waals surface area contributed by atoms with E-state index in [4.69, 9.17) is 22.1 Å². The van der Waals surface area contributed by atoms with E-state index in [1.807, 2.05) is 96.7 Å². The molecule has 0 spiro atoms. The van der Waals surface area contributed by atoms with Gasteiger partial charge >= 0.3 is 0 Å². The van der Waals surface area contributed by atoms with E-state index in [0.717, 1.165) is 45.8 Å². The molecule has 7 heteroatoms. The summed E-state index contributed by atoms with van der Waals surface area (Å²) in [4.78, 5) is 15.9. The molecular formula is C33H33N3O2S2. The van der Waals surface area contributed by atoms with Crippen molar-refractivity contribution in [3.8, 4) is 22.7 Å². The SMILES string of the molecule is Cc1cc(-c2nn(-c3ccccc3)cc2C=C2SC(=S)N(C(C)c3ccccc3)C2=O)ccc1OCCC(C)C. The molecule has 1 amide bonds. The minimum atomic E-state index is -0.156. The highest BCUT2D eigenvalue weighted by molar-refractivity contribution is 8.26. The Bertz CT molecular complexity index is 1540. The number of ether oxygens (including phenoxy) is 1. The summed E-state index contributed by atoms with van der Waals surface area (Å²) in [5.74, 6) is 1.38. The molecule has 1 aliphatic rings. The van der Waals surface area contributed by atoms with Crippen LogP contribution in [0.2, 0.25) is 0 Å². The highest BCUT2D eigenvalue weighted by Gasteiger charge is 2.36. The van der Waals surface area contributed by atoms with Crippen LogP contribution in [-0.2, 0) is 4.79 Å². The second-order valence-electron chi connectivity index (χ2n) is 10.4. The average Bonchev–Trinajstić information content (AvgIpc) is 3.50. The van der Waals surface area contributed by atoms with Gasteiger partial charge in [-0.05, 0) is 73.7 Å². The second kappa shape index (κ2) is 12.2. The smallest absolute Gasteiger partial charge is 0.266 e. The third-order valence-electron chi connectivity index (χ3n) is 6.94. The van der Waals surface area contributed by atoms with Crippen molar-refractivity contribution in [1.82, 2.24) is 14.7 Å². The molecule has 0 radical (unpaired) electrons. The molecule has 1 aliphatic heterocycles. The summed E-state index contributed by atoms with van der Waals surface area (Å²) < 4.78 is 8.46. The molecule has 1 saturated heterocycles. The maximum Gasteiger partial charge on any atom is 0.266 e. The van der Waals surface area contributed by atoms with Gasteiger partial charge in [-0.2, -0.15) is 5.10 Å². The minimum absolute atomic E-state index is 0.0881. The van der Waals surface area contributed by atoms with Crippen LogP contribution in [-0.4, -0.2) is 31.5 Å². The van der Waals surface area contributed by atoms with Crippen LogP contribution in [0.1, 0.15) is 49.9 Å². The van der Waals surface area contributed by atoms with Crippen LogP contribution >= 0.6 is 24.0 Å². The number of rotatable bonds is 9. The number of thioether (sulfide) groups is 1. The Labute approximate surface area is 245 Å². The molecule has 40 heavy (non-hydrogen) atoms. The van der Waals surface area contributed by atoms with Gasteiger partial charge in [-0.15, -0.1) is 0 Å². The van der Waals surface area contributed by atoms with Gasteiger partial charge in [0.2, 0.25) is 0 Å². The summed E-state index contributed by atoms with van der Waals surface area (Å²) in [5.41, 5.74) is 5.64. The van der Waals surface area contributed by atoms with Crippen LogP contribution < -0.4 is 4.74 Å². The molecule has 5 nitrogen and oxygen atoms in total. The van der Waals surface area contributed by atoms with Crippen molar-refractivity contribution in [2.24, 2.45) is 5.92 Å². The van der Waals surface area contributed by atoms with E-state index in [1.54, 1.807) is 4.90 Å². The average molecular weight is 568 g/mol. The predicted octanol–water partition coefficient (Wildman–Crippen LogP) is 8.24. The standard InChI is InChI=1S/C33H33N3O2S2/c1-22(2)17-18-38-29-16-15-26(19-23(29)3)31-27(21-35(34-31)28-13-9-6-10-14-28)20-30-32(37)36(33(39)40-30)24(4)25-11-7-5-8-12-25/h5-16,19-22,24H,17-18H2,1-4H3. The van der Waals surface area contributed by atoms with Crippen LogP contribution in [0.15, 0.2) is 90.0 Å². The van der Waals surface area contributed by atoms with E-state index in [9.17, 15) is 4.79 Å². The van der Waals surface area contributed by atoms with Gasteiger partial charge in [0, 0.05) is 17.3 Å². The zero-order valence-electron chi connectivity index (χ0n) is 23.2. The van der Waals surface area contributed by atoms with Gasteiger partial charge in [0.05, 0.1) is 23.2 Å². The molecule has 0 aliphatic carbocycles. The number of hydrogen-bond acceptors (Lipinski definition) is 5. The maximum absolute atomic E-state index is 13.6. The topological polar surface area (TPSA) is 47.4 Å². The first-order valence-electron chi connectivity index (χ1n) is 13.5. The lowest BCUT2D eigenvalue weighted by atomic mass is 10.0. The van der Waals surface area contributed by atoms with Crippen molar-refractivity contribution >= 4 is 40.3 Å². The minimum Gasteiger partial charge on any atom is -0.493 e. The number of benzene rings is 3. The first-order chi connectivity index (χ1) is 19.3. The Morgan fingerprint density at radius 3 is 2.38 bits per heavy atom. The maximum atomic E-state index is 13.6. The van der Waals surface area contributed by atoms with Gasteiger partial charge in [-0.3, -0.25) is 9.69 Å². The highest BCUT2D eigenvalue weighted by atomic mass is 32.2. The van der Waals surface area contributed by atoms with Crippen LogP contribution in [0.5, 0.6) is 5.75 Å². The van der Waals surface area contributed by atoms with E-state index in [0.29, 0.717) is 21.8 Å². The van der Waals surface area contributed by atoms with Crippen LogP contribution in [0.25, 0.3) is 23.0 Å². The van der Waals surface area contributed by atoms with Crippen molar-refractivity contribution in [3.05, 3.63) is 107 Å². The zero-order chi connectivity index (χ0) is 28.2. The van der Waals surface area contributed by atoms with Gasteiger partial charge in [0.25, 0.3) is 5.91 Å². The number of aromatic nitrogens is 2. The van der Waals surface area contributed by atoms with Crippen LogP contribution in [0, 0.1) is 12.8 Å². The molecule has 4 aromatic rings. The molecule has 1 aromatic heterocycles. The molecule has 1 atom stereocenters. The summed E-state index contributed by atoms with van der Waals surface area (Å²) in [6, 6.07) is 25.9. The lowest BCUT2D eigenvalue weighted by Crippen LogP contribution is -2.30. The lowest BCUT2D eigenvalue weighted by Gasteiger charge is -2.23. The Hall–Kier alpha value is -3.68. The largest absolute Gasteiger partial charge is 0.493 e. The van der Waals surface area contributed by atoms with E-state index in [1.165, 1.54) is 11.8 Å². The lowest BCUT2D eigenvalue weighted by molar-refractivity contribution is -0.123. The zero-order valence-corrected chi connectivity index (χ0v) is 24.8. The number of carbonyl (C=O) groups is 1. The molecule has 0 bridgehead atoms. The van der Waals surface area contributed by atoms with Gasteiger partial charge in [-0.25, -0.2) is 4.68 Å². The number of carbonyl (C=O) groups excluding carboxylic acids is 1. The van der Waals surface area contributed by atoms with E-state index < -0.39 is 0 Å². The number of para-hydroxylation sites is 1. The van der Waals surface area contributed by atoms with Crippen molar-refractivity contribution in [2.45, 2.75) is 40.2 Å². The molecule has 5 rings (SSSR count). The van der Waals surface area contributed by atoms with Gasteiger partial charge in [0.1, 0.15) is 15.8 Å². The Balaban J connectivity index is 1.50. The normalized spacial score (nSPS) is 15.3. The van der Waals surface area contributed by atoms with Crippen molar-refractivity contribution in [3.63, 3.8) is 0 Å². The summed E-state index contributed by atoms with van der Waals surface area (Å²) in [6.45, 7) is 9.14. The number of amides is 1. The third-order valence-corrected chi connectivity index (χ3v) is 8.27. The van der Waals surface area contributed by atoms with Gasteiger partial charge in [0.15, 0.2) is 0 Å². The van der Waals surface area contributed by atoms with Gasteiger partial charge in [-0.1, -0.05) is 86.4 Å². The first-order valence-corrected chi connectivity index (χ1v) is 14.7. The number of hydrogen-bond donors (Lipinski definition) is 0. The van der Waals surface area contributed by atoms with Crippen molar-refractivity contribution in [1.29, 1.82) is 0 Å². The number of aryl methyl sites for hydroxylation is 1. The molecular weight excluding hydrogens is 535 g/mol. The van der Waals surface area contributed by atoms with E-state index in [2.05, 4.69) is 26.8 Å². The monoisotopic (exact) mass is 567 g/mol. The molecule has 2 heterocycles. The molecule has 204 valence electrons. The Morgan fingerprint density at radius 2 is 1.70 bits per heavy atom. The summed E-state index contributed by atoms with van der Waals surface area (Å²) in [6.07, 6.45) is 4.90. The molecule has 0 saturated carbocycles. The fourth-order valence-electron chi connectivity index (χ4n) is 4.63. The quantitative estimate of drug-likeness (QED) is 0.151. The molecule has 0 N–H and O–H groups in total. The summed E-state index contributed by atoms with van der Waals surface area (Å²) in [7, 11) is 0. The number of nitrogens with zero attached hydrogens (tertiary/aromatic N) is 3. The fraction of sp³-hybridized carbons (Fsp3) is 0.242. The summed E-state index contributed by atoms with van der Waals surface area (Å²) >= 11 is 7.01. The first kappa shape index (κ1) is 27.9. The Morgan fingerprint density at radius 1 is 1.00 bits per heavy atom. The molecule has 1 unspecified atom stereocenters. The Kier molecular flexibility index (Phi) is 8.52. The third kappa shape index (κ3) is 6.06. The van der Waals surface area contributed by atoms with Crippen LogP contribution in [0.3, 0.4) is 0 Å². The van der Waals surface area contributed by atoms with Crippen LogP contribution in [0.4, 0.5) is 0 Å².